The van der Waals surface area contributed by atoms with Crippen LogP contribution in [0.3, 0.4) is 0 Å². The topological polar surface area (TPSA) is 126 Å². The van der Waals surface area contributed by atoms with Gasteiger partial charge in [-0.25, -0.2) is 9.59 Å². The number of hydrogen-bond donors (Lipinski definition) is 2. The fraction of sp³-hybridized carbons (Fsp3) is 0.727. The van der Waals surface area contributed by atoms with E-state index in [1.807, 2.05) is 0 Å². The molecule has 0 heterocycles. The van der Waals surface area contributed by atoms with E-state index in [0.717, 1.165) is 0 Å². The van der Waals surface area contributed by atoms with Crippen LogP contribution in [0.1, 0.15) is 41.5 Å². The Kier molecular flexibility index (Phi) is 5.90. The van der Waals surface area contributed by atoms with Gasteiger partial charge in [0.25, 0.3) is 0 Å². The van der Waals surface area contributed by atoms with Gasteiger partial charge in [0, 0.05) is 0 Å². The van der Waals surface area contributed by atoms with E-state index in [1.165, 1.54) is 41.5 Å². The molecule has 2 amide bonds. The summed E-state index contributed by atoms with van der Waals surface area (Å²) in [6.45, 7) is 8.81. The number of hydrogen-bond acceptors (Lipinski definition) is 7. The van der Waals surface area contributed by atoms with Gasteiger partial charge in [0.05, 0.1) is 0 Å². The Morgan fingerprint density at radius 1 is 1.05 bits per heavy atom. The molecule has 0 aromatic carbocycles. The predicted octanol–water partition coefficient (Wildman–Crippen LogP) is 1.90. The monoisotopic (exact) mass is 341 g/mol. The molecule has 0 unspecified atom stereocenters. The molecule has 0 aliphatic rings. The minimum atomic E-state index is -5.66. The molecule has 22 heavy (non-hydrogen) atoms. The summed E-state index contributed by atoms with van der Waals surface area (Å²) in [5.41, 5.74) is -2.07. The first-order valence-corrected chi connectivity index (χ1v) is 7.43. The zero-order valence-electron chi connectivity index (χ0n) is 13.2. The molecule has 0 bridgehead atoms. The van der Waals surface area contributed by atoms with Crippen molar-refractivity contribution in [2.24, 2.45) is 0 Å². The summed E-state index contributed by atoms with van der Waals surface area (Å²) in [7, 11) is -5.66. The highest BCUT2D eigenvalue weighted by molar-refractivity contribution is 7.85. The molecule has 9 nitrogen and oxygen atoms in total. The van der Waals surface area contributed by atoms with Crippen molar-refractivity contribution >= 4 is 28.6 Å². The van der Waals surface area contributed by atoms with Gasteiger partial charge in [0.2, 0.25) is 5.96 Å². The average Bonchev–Trinajstić information content (AvgIpc) is 2.06. The first kappa shape index (κ1) is 20.1. The van der Waals surface area contributed by atoms with E-state index in [1.54, 1.807) is 5.32 Å². The Bertz CT molecular complexity index is 561. The second-order valence-electron chi connectivity index (χ2n) is 6.16. The van der Waals surface area contributed by atoms with Crippen LogP contribution in [-0.4, -0.2) is 42.1 Å². The van der Waals surface area contributed by atoms with Crippen molar-refractivity contribution < 1.29 is 31.4 Å². The van der Waals surface area contributed by atoms with E-state index in [-0.39, 0.29) is 0 Å². The Morgan fingerprint density at radius 3 is 1.77 bits per heavy atom. The number of guanidine groups is 1. The van der Waals surface area contributed by atoms with E-state index >= 15 is 0 Å². The zero-order chi connectivity index (χ0) is 17.9. The molecular weight excluding hydrogens is 321 g/mol. The molecule has 0 saturated carbocycles. The van der Waals surface area contributed by atoms with Crippen LogP contribution < -0.4 is 5.32 Å². The zero-order valence-corrected chi connectivity index (χ0v) is 14.0. The quantitative estimate of drug-likeness (QED) is 0.426. The third kappa shape index (κ3) is 7.76. The number of rotatable bonds is 1. The molecule has 0 aliphatic carbocycles. The number of halogens is 1. The lowest BCUT2D eigenvalue weighted by Gasteiger charge is -2.25. The average molecular weight is 341 g/mol. The number of alkyl carbamates (subject to hydrolysis) is 1. The van der Waals surface area contributed by atoms with Crippen LogP contribution in [0.25, 0.3) is 0 Å². The van der Waals surface area contributed by atoms with Gasteiger partial charge in [-0.3, -0.25) is 10.7 Å². The lowest BCUT2D eigenvalue weighted by atomic mass is 10.2. The van der Waals surface area contributed by atoms with Gasteiger partial charge in [-0.1, -0.05) is 3.89 Å². The van der Waals surface area contributed by atoms with Crippen LogP contribution in [0, 0.1) is 5.41 Å². The highest BCUT2D eigenvalue weighted by atomic mass is 32.3. The minimum absolute atomic E-state index is 0.623. The Hall–Kier alpha value is -1.91. The van der Waals surface area contributed by atoms with E-state index in [4.69, 9.17) is 10.1 Å². The molecule has 0 aromatic rings. The molecule has 0 atom stereocenters. The van der Waals surface area contributed by atoms with Crippen molar-refractivity contribution in [3.8, 4) is 0 Å². The number of nitrogens with one attached hydrogen (secondary N) is 2. The third-order valence-corrected chi connectivity index (χ3v) is 2.37. The fourth-order valence-electron chi connectivity index (χ4n) is 1.04. The van der Waals surface area contributed by atoms with Crippen molar-refractivity contribution in [3.63, 3.8) is 0 Å². The number of ether oxygens (including phenoxy) is 2. The van der Waals surface area contributed by atoms with Gasteiger partial charge < -0.3 is 9.47 Å². The number of amides is 2. The van der Waals surface area contributed by atoms with Gasteiger partial charge in [0.1, 0.15) is 11.2 Å². The molecule has 0 spiro atoms. The molecule has 0 radical (unpaired) electrons. The highest BCUT2D eigenvalue weighted by Gasteiger charge is 2.36. The number of carbonyl (C=O) groups excluding carboxylic acids is 2. The number of carbonyl (C=O) groups is 2. The standard InChI is InChI=1S/C11H20FN3O6S/c1-10(2,3)20-8(16)14-7(13)15(22(12,18)19)9(17)21-11(4,5)6/h1-6H3,(H2,13,14,16). The molecule has 0 aliphatic heterocycles. The van der Waals surface area contributed by atoms with Gasteiger partial charge in [-0.15, -0.1) is 4.31 Å². The van der Waals surface area contributed by atoms with Gasteiger partial charge in [0.15, 0.2) is 0 Å². The molecular formula is C11H20FN3O6S. The second-order valence-corrected chi connectivity index (χ2v) is 7.35. The first-order chi connectivity index (χ1) is 9.53. The van der Waals surface area contributed by atoms with E-state index < -0.39 is 44.1 Å². The summed E-state index contributed by atoms with van der Waals surface area (Å²) in [4.78, 5) is 23.1. The maximum atomic E-state index is 13.2. The van der Waals surface area contributed by atoms with Crippen molar-refractivity contribution in [1.82, 2.24) is 9.62 Å². The van der Waals surface area contributed by atoms with Crippen LogP contribution >= 0.6 is 0 Å². The van der Waals surface area contributed by atoms with E-state index in [2.05, 4.69) is 4.74 Å². The van der Waals surface area contributed by atoms with Crippen LogP contribution in [0.4, 0.5) is 13.5 Å². The smallest absolute Gasteiger partial charge is 0.433 e. The third-order valence-electron chi connectivity index (χ3n) is 1.60. The summed E-state index contributed by atoms with van der Waals surface area (Å²) in [5, 5.41) is 9.01. The van der Waals surface area contributed by atoms with Crippen LogP contribution in [-0.2, 0) is 19.9 Å². The van der Waals surface area contributed by atoms with Gasteiger partial charge in [-0.05, 0) is 41.5 Å². The molecule has 11 heteroatoms. The molecule has 2 N–H and O–H groups in total. The normalized spacial score (nSPS) is 12.3. The molecule has 0 saturated heterocycles. The predicted molar refractivity (Wildman–Crippen MR) is 75.2 cm³/mol. The van der Waals surface area contributed by atoms with Gasteiger partial charge in [-0.2, -0.15) is 8.42 Å². The fourth-order valence-corrected chi connectivity index (χ4v) is 1.52. The maximum Gasteiger partial charge on any atom is 0.433 e. The summed E-state index contributed by atoms with van der Waals surface area (Å²) in [6.07, 6.45) is -2.90. The van der Waals surface area contributed by atoms with Gasteiger partial charge >= 0.3 is 22.6 Å². The first-order valence-electron chi connectivity index (χ1n) is 6.09. The molecule has 128 valence electrons. The Labute approximate surface area is 128 Å². The minimum Gasteiger partial charge on any atom is -0.444 e. The van der Waals surface area contributed by atoms with E-state index in [0.29, 0.717) is 0 Å². The summed E-state index contributed by atoms with van der Waals surface area (Å²) in [6, 6.07) is 0. The van der Waals surface area contributed by atoms with Crippen LogP contribution in [0.5, 0.6) is 0 Å². The summed E-state index contributed by atoms with van der Waals surface area (Å²) >= 11 is 0. The Balaban J connectivity index is 5.20. The number of nitrogens with zero attached hydrogens (tertiary/aromatic N) is 1. The van der Waals surface area contributed by atoms with Crippen molar-refractivity contribution in [2.45, 2.75) is 52.7 Å². The largest absolute Gasteiger partial charge is 0.444 e. The SMILES string of the molecule is CC(C)(C)OC(=O)NC(=N)N(C(=O)OC(C)(C)C)S(=O)(=O)F. The van der Waals surface area contributed by atoms with Crippen LogP contribution in [0.15, 0.2) is 0 Å². The maximum absolute atomic E-state index is 13.2. The molecule has 0 fully saturated rings. The summed E-state index contributed by atoms with van der Waals surface area (Å²) < 4.78 is 44.0. The van der Waals surface area contributed by atoms with Crippen molar-refractivity contribution in [1.29, 1.82) is 5.41 Å². The summed E-state index contributed by atoms with van der Waals surface area (Å²) in [5.74, 6) is -1.36. The van der Waals surface area contributed by atoms with Crippen molar-refractivity contribution in [3.05, 3.63) is 0 Å². The lowest BCUT2D eigenvalue weighted by Crippen LogP contribution is -2.50. The molecule has 0 aromatic heterocycles. The van der Waals surface area contributed by atoms with E-state index in [9.17, 15) is 21.9 Å². The van der Waals surface area contributed by atoms with Crippen LogP contribution in [0.2, 0.25) is 0 Å². The van der Waals surface area contributed by atoms with Crippen molar-refractivity contribution in [2.75, 3.05) is 0 Å². The lowest BCUT2D eigenvalue weighted by molar-refractivity contribution is 0.0450. The molecule has 0 rings (SSSR count). The Morgan fingerprint density at radius 2 is 1.45 bits per heavy atom. The highest BCUT2D eigenvalue weighted by Crippen LogP contribution is 2.14. The second kappa shape index (κ2) is 6.46.